The number of amides is 3. The van der Waals surface area contributed by atoms with E-state index in [9.17, 15) is 14.4 Å². The van der Waals surface area contributed by atoms with E-state index in [0.29, 0.717) is 37.8 Å². The third-order valence-corrected chi connectivity index (χ3v) is 5.09. The van der Waals surface area contributed by atoms with Crippen LogP contribution in [0.4, 0.5) is 0 Å². The average Bonchev–Trinajstić information content (AvgIpc) is 3.09. The van der Waals surface area contributed by atoms with Crippen molar-refractivity contribution in [3.8, 4) is 0 Å². The van der Waals surface area contributed by atoms with Gasteiger partial charge in [0, 0.05) is 32.4 Å². The van der Waals surface area contributed by atoms with E-state index in [1.165, 1.54) is 4.90 Å². The lowest BCUT2D eigenvalue weighted by atomic mass is 10.0. The van der Waals surface area contributed by atoms with E-state index in [1.54, 1.807) is 28.8 Å². The van der Waals surface area contributed by atoms with Crippen molar-refractivity contribution in [1.29, 1.82) is 0 Å². The van der Waals surface area contributed by atoms with Crippen molar-refractivity contribution in [2.75, 3.05) is 26.2 Å². The maximum atomic E-state index is 12.9. The Balaban J connectivity index is 1.81. The lowest BCUT2D eigenvalue weighted by molar-refractivity contribution is -0.160. The first-order valence-corrected chi connectivity index (χ1v) is 9.27. The zero-order valence-corrected chi connectivity index (χ0v) is 15.9. The number of hydrogen-bond acceptors (Lipinski definition) is 4. The minimum Gasteiger partial charge on any atom is -0.339 e. The number of fused-ring (bicyclic) bond motifs is 1. The van der Waals surface area contributed by atoms with Crippen LogP contribution in [0.15, 0.2) is 12.3 Å². The summed E-state index contributed by atoms with van der Waals surface area (Å²) in [5.41, 5.74) is 0.308. The van der Waals surface area contributed by atoms with Crippen molar-refractivity contribution in [2.45, 2.75) is 46.3 Å². The standard InChI is InChI=1S/C18H27N5O3/c1-5-21-7-6-14(19-21)17(25)23-11-15-18(26)20(10-12(2)3)8-9-22(15)16(24)13(23)4/h6-7,12-13,15H,5,8-11H2,1-4H3/t13-,15-/m0/s1. The van der Waals surface area contributed by atoms with Crippen LogP contribution in [0.3, 0.4) is 0 Å². The molecule has 0 spiro atoms. The molecule has 0 N–H and O–H groups in total. The van der Waals surface area contributed by atoms with E-state index in [-0.39, 0.29) is 24.3 Å². The zero-order valence-electron chi connectivity index (χ0n) is 15.9. The molecule has 2 fully saturated rings. The van der Waals surface area contributed by atoms with Gasteiger partial charge in [0.15, 0.2) is 0 Å². The first-order chi connectivity index (χ1) is 12.3. The lowest BCUT2D eigenvalue weighted by Gasteiger charge is -2.48. The van der Waals surface area contributed by atoms with E-state index in [4.69, 9.17) is 0 Å². The molecule has 0 unspecified atom stereocenters. The summed E-state index contributed by atoms with van der Waals surface area (Å²) in [6, 6.07) is 0.474. The van der Waals surface area contributed by atoms with Gasteiger partial charge in [0.05, 0.1) is 6.54 Å². The van der Waals surface area contributed by atoms with Crippen LogP contribution in [0.25, 0.3) is 0 Å². The van der Waals surface area contributed by atoms with E-state index >= 15 is 0 Å². The fourth-order valence-electron chi connectivity index (χ4n) is 3.68. The van der Waals surface area contributed by atoms with Crippen LogP contribution < -0.4 is 0 Å². The Morgan fingerprint density at radius 1 is 1.27 bits per heavy atom. The highest BCUT2D eigenvalue weighted by Gasteiger charge is 2.47. The lowest BCUT2D eigenvalue weighted by Crippen LogP contribution is -2.70. The van der Waals surface area contributed by atoms with Crippen LogP contribution >= 0.6 is 0 Å². The number of aromatic nitrogens is 2. The molecular formula is C18H27N5O3. The van der Waals surface area contributed by atoms with Gasteiger partial charge in [-0.05, 0) is 25.8 Å². The van der Waals surface area contributed by atoms with Crippen LogP contribution in [0, 0.1) is 5.92 Å². The van der Waals surface area contributed by atoms with Crippen molar-refractivity contribution in [2.24, 2.45) is 5.92 Å². The molecule has 0 radical (unpaired) electrons. The van der Waals surface area contributed by atoms with Crippen LogP contribution in [-0.4, -0.2) is 80.5 Å². The topological polar surface area (TPSA) is 78.8 Å². The Morgan fingerprint density at radius 2 is 2.00 bits per heavy atom. The van der Waals surface area contributed by atoms with Gasteiger partial charge in [0.2, 0.25) is 11.8 Å². The van der Waals surface area contributed by atoms with Gasteiger partial charge in [-0.15, -0.1) is 0 Å². The monoisotopic (exact) mass is 361 g/mol. The maximum Gasteiger partial charge on any atom is 0.275 e. The molecule has 8 nitrogen and oxygen atoms in total. The van der Waals surface area contributed by atoms with E-state index in [0.717, 1.165) is 0 Å². The second-order valence-electron chi connectivity index (χ2n) is 7.42. The fraction of sp³-hybridized carbons (Fsp3) is 0.667. The summed E-state index contributed by atoms with van der Waals surface area (Å²) >= 11 is 0. The minimum absolute atomic E-state index is 0.0675. The highest BCUT2D eigenvalue weighted by molar-refractivity contribution is 5.99. The minimum atomic E-state index is -0.594. The van der Waals surface area contributed by atoms with Crippen molar-refractivity contribution < 1.29 is 14.4 Å². The molecule has 3 rings (SSSR count). The molecule has 2 saturated heterocycles. The number of hydrogen-bond donors (Lipinski definition) is 0. The third-order valence-electron chi connectivity index (χ3n) is 5.09. The highest BCUT2D eigenvalue weighted by atomic mass is 16.2. The van der Waals surface area contributed by atoms with Gasteiger partial charge >= 0.3 is 0 Å². The highest BCUT2D eigenvalue weighted by Crippen LogP contribution is 2.23. The average molecular weight is 361 g/mol. The predicted molar refractivity (Wildman–Crippen MR) is 95.3 cm³/mol. The van der Waals surface area contributed by atoms with Crippen LogP contribution in [0.1, 0.15) is 38.2 Å². The number of carbonyl (C=O) groups is 3. The van der Waals surface area contributed by atoms with Crippen LogP contribution in [0.5, 0.6) is 0 Å². The van der Waals surface area contributed by atoms with Crippen LogP contribution in [-0.2, 0) is 16.1 Å². The van der Waals surface area contributed by atoms with E-state index in [2.05, 4.69) is 18.9 Å². The summed E-state index contributed by atoms with van der Waals surface area (Å²) in [4.78, 5) is 43.5. The summed E-state index contributed by atoms with van der Waals surface area (Å²) in [5, 5.41) is 4.25. The molecule has 8 heteroatoms. The Morgan fingerprint density at radius 3 is 2.62 bits per heavy atom. The van der Waals surface area contributed by atoms with Gasteiger partial charge in [-0.1, -0.05) is 13.8 Å². The second-order valence-corrected chi connectivity index (χ2v) is 7.42. The summed E-state index contributed by atoms with van der Waals surface area (Å²) in [7, 11) is 0. The van der Waals surface area contributed by atoms with Crippen molar-refractivity contribution in [3.63, 3.8) is 0 Å². The number of carbonyl (C=O) groups excluding carboxylic acids is 3. The van der Waals surface area contributed by atoms with Gasteiger partial charge in [0.25, 0.3) is 5.91 Å². The van der Waals surface area contributed by atoms with E-state index in [1.807, 2.05) is 11.8 Å². The van der Waals surface area contributed by atoms with Crippen molar-refractivity contribution in [3.05, 3.63) is 18.0 Å². The molecule has 1 aromatic rings. The SMILES string of the molecule is CCn1ccc(C(=O)N2C[C@H]3C(=O)N(CC(C)C)CCN3C(=O)[C@@H]2C)n1. The molecule has 0 saturated carbocycles. The van der Waals surface area contributed by atoms with Gasteiger partial charge in [-0.3, -0.25) is 19.1 Å². The molecular weight excluding hydrogens is 334 g/mol. The second kappa shape index (κ2) is 7.09. The Labute approximate surface area is 153 Å². The van der Waals surface area contributed by atoms with Gasteiger partial charge in [-0.25, -0.2) is 0 Å². The Kier molecular flexibility index (Phi) is 5.02. The number of piperazine rings is 2. The third kappa shape index (κ3) is 3.20. The van der Waals surface area contributed by atoms with Crippen molar-refractivity contribution in [1.82, 2.24) is 24.5 Å². The zero-order chi connectivity index (χ0) is 19.0. The molecule has 0 aromatic carbocycles. The fourth-order valence-corrected chi connectivity index (χ4v) is 3.68. The number of nitrogens with zero attached hydrogens (tertiary/aromatic N) is 5. The molecule has 2 aliphatic rings. The Hall–Kier alpha value is -2.38. The van der Waals surface area contributed by atoms with Gasteiger partial charge in [0.1, 0.15) is 17.8 Å². The van der Waals surface area contributed by atoms with Gasteiger partial charge in [-0.2, -0.15) is 5.10 Å². The predicted octanol–water partition coefficient (Wildman–Crippen LogP) is 0.443. The Bertz CT molecular complexity index is 713. The normalized spacial score (nSPS) is 23.7. The first-order valence-electron chi connectivity index (χ1n) is 9.27. The molecule has 3 heterocycles. The number of aryl methyl sites for hydroxylation is 1. The quantitative estimate of drug-likeness (QED) is 0.780. The molecule has 1 aromatic heterocycles. The first kappa shape index (κ1) is 18.4. The summed E-state index contributed by atoms with van der Waals surface area (Å²) in [5.74, 6) is -0.171. The van der Waals surface area contributed by atoms with Gasteiger partial charge < -0.3 is 14.7 Å². The van der Waals surface area contributed by atoms with E-state index < -0.39 is 12.1 Å². The molecule has 26 heavy (non-hydrogen) atoms. The smallest absolute Gasteiger partial charge is 0.275 e. The molecule has 2 aliphatic heterocycles. The summed E-state index contributed by atoms with van der Waals surface area (Å²) < 4.78 is 1.67. The molecule has 0 bridgehead atoms. The summed E-state index contributed by atoms with van der Waals surface area (Å²) in [6.07, 6.45) is 1.74. The number of rotatable bonds is 4. The summed E-state index contributed by atoms with van der Waals surface area (Å²) in [6.45, 7) is 10.4. The van der Waals surface area contributed by atoms with Crippen LogP contribution in [0.2, 0.25) is 0 Å². The molecule has 0 aliphatic carbocycles. The largest absolute Gasteiger partial charge is 0.339 e. The maximum absolute atomic E-state index is 12.9. The van der Waals surface area contributed by atoms with Crippen molar-refractivity contribution >= 4 is 17.7 Å². The molecule has 142 valence electrons. The molecule has 3 amide bonds. The molecule has 2 atom stereocenters.